The Morgan fingerprint density at radius 3 is 2.64 bits per heavy atom. The van der Waals surface area contributed by atoms with Crippen LogP contribution in [-0.4, -0.2) is 17.5 Å². The van der Waals surface area contributed by atoms with Gasteiger partial charge < -0.3 is 0 Å². The summed E-state index contributed by atoms with van der Waals surface area (Å²) in [5, 5.41) is 5.60. The summed E-state index contributed by atoms with van der Waals surface area (Å²) >= 11 is 0. The van der Waals surface area contributed by atoms with Crippen molar-refractivity contribution >= 4 is 40.6 Å². The lowest BCUT2D eigenvalue weighted by atomic mass is 10.0. The fourth-order valence-corrected chi connectivity index (χ4v) is 6.96. The van der Waals surface area contributed by atoms with Gasteiger partial charge in [-0.2, -0.15) is 0 Å². The Bertz CT molecular complexity index is 1090. The van der Waals surface area contributed by atoms with Crippen LogP contribution in [-0.2, 0) is 6.04 Å². The van der Waals surface area contributed by atoms with Gasteiger partial charge in [0.05, 0.1) is 13.6 Å². The van der Waals surface area contributed by atoms with E-state index >= 15 is 0 Å². The Balaban J connectivity index is 2.24. The number of fused-ring (bicyclic) bond motifs is 3. The molecule has 0 radical (unpaired) electrons. The van der Waals surface area contributed by atoms with Gasteiger partial charge in [0.25, 0.3) is 0 Å². The van der Waals surface area contributed by atoms with Crippen molar-refractivity contribution in [2.24, 2.45) is 0 Å². The van der Waals surface area contributed by atoms with E-state index in [9.17, 15) is 0 Å². The maximum Gasteiger partial charge on any atom is 0.145 e. The van der Waals surface area contributed by atoms with Gasteiger partial charge in [0.2, 0.25) is 0 Å². The molecule has 0 saturated carbocycles. The molecule has 2 aromatic heterocycles. The number of aryl methyl sites for hydroxylation is 1. The molecule has 1 aliphatic rings. The lowest BCUT2D eigenvalue weighted by Crippen LogP contribution is -2.47. The number of pyridine rings is 1. The van der Waals surface area contributed by atoms with Gasteiger partial charge in [0.1, 0.15) is 5.65 Å². The van der Waals surface area contributed by atoms with Gasteiger partial charge in [0, 0.05) is 22.7 Å². The van der Waals surface area contributed by atoms with Crippen molar-refractivity contribution in [1.82, 2.24) is 9.38 Å². The summed E-state index contributed by atoms with van der Waals surface area (Å²) in [6.45, 7) is 7.19. The van der Waals surface area contributed by atoms with E-state index in [0.717, 1.165) is 5.65 Å². The molecule has 0 atom stereocenters. The highest BCUT2D eigenvalue weighted by molar-refractivity contribution is 6.91. The standard InChI is InChI=1S/C19H18N2Si/c1-12-8-9-16-18-17(12)14-6-4-5-7-15(14)19-20-10-13(21(18)19)11-22(16,2)3/h4-10H,11H2,1-3H3. The van der Waals surface area contributed by atoms with Crippen molar-refractivity contribution in [3.8, 4) is 0 Å². The molecule has 3 heteroatoms. The minimum Gasteiger partial charge on any atom is -0.297 e. The van der Waals surface area contributed by atoms with Gasteiger partial charge in [-0.1, -0.05) is 49.5 Å². The highest BCUT2D eigenvalue weighted by atomic mass is 28.3. The number of nitrogens with zero attached hydrogens (tertiary/aromatic N) is 2. The van der Waals surface area contributed by atoms with Crippen LogP contribution in [0.1, 0.15) is 11.3 Å². The molecule has 0 saturated heterocycles. The molecule has 3 heterocycles. The van der Waals surface area contributed by atoms with Crippen molar-refractivity contribution in [3.05, 3.63) is 53.9 Å². The minimum absolute atomic E-state index is 1.12. The predicted molar refractivity (Wildman–Crippen MR) is 95.8 cm³/mol. The number of hydrogen-bond acceptors (Lipinski definition) is 1. The Hall–Kier alpha value is -2.13. The van der Waals surface area contributed by atoms with Crippen LogP contribution in [0.5, 0.6) is 0 Å². The molecule has 0 unspecified atom stereocenters. The first kappa shape index (κ1) is 12.4. The van der Waals surface area contributed by atoms with E-state index in [4.69, 9.17) is 4.98 Å². The summed E-state index contributed by atoms with van der Waals surface area (Å²) in [4.78, 5) is 4.78. The van der Waals surface area contributed by atoms with Crippen molar-refractivity contribution in [2.45, 2.75) is 26.1 Å². The molecule has 4 aromatic rings. The van der Waals surface area contributed by atoms with E-state index in [-0.39, 0.29) is 0 Å². The van der Waals surface area contributed by atoms with E-state index < -0.39 is 8.07 Å². The number of benzene rings is 2. The third-order valence-electron chi connectivity index (χ3n) is 5.23. The van der Waals surface area contributed by atoms with Gasteiger partial charge in [-0.25, -0.2) is 4.98 Å². The average Bonchev–Trinajstić information content (AvgIpc) is 2.90. The van der Waals surface area contributed by atoms with E-state index in [0.29, 0.717) is 0 Å². The molecule has 5 rings (SSSR count). The highest BCUT2D eigenvalue weighted by Crippen LogP contribution is 2.35. The van der Waals surface area contributed by atoms with Crippen LogP contribution < -0.4 is 5.19 Å². The average molecular weight is 302 g/mol. The molecule has 0 bridgehead atoms. The first-order valence-corrected chi connectivity index (χ1v) is 11.1. The molecule has 2 nitrogen and oxygen atoms in total. The number of imidazole rings is 1. The normalized spacial score (nSPS) is 16.1. The highest BCUT2D eigenvalue weighted by Gasteiger charge is 2.33. The fraction of sp³-hybridized carbons (Fsp3) is 0.211. The maximum absolute atomic E-state index is 4.78. The van der Waals surface area contributed by atoms with Crippen molar-refractivity contribution in [2.75, 3.05) is 0 Å². The van der Waals surface area contributed by atoms with Gasteiger partial charge in [0.15, 0.2) is 0 Å². The van der Waals surface area contributed by atoms with Crippen LogP contribution in [0, 0.1) is 6.92 Å². The van der Waals surface area contributed by atoms with Gasteiger partial charge >= 0.3 is 0 Å². The Kier molecular flexibility index (Phi) is 2.14. The zero-order valence-electron chi connectivity index (χ0n) is 13.1. The third-order valence-corrected chi connectivity index (χ3v) is 8.34. The topological polar surface area (TPSA) is 17.3 Å². The monoisotopic (exact) mass is 302 g/mol. The summed E-state index contributed by atoms with van der Waals surface area (Å²) in [5.41, 5.74) is 5.29. The summed E-state index contributed by atoms with van der Waals surface area (Å²) in [6, 6.07) is 14.6. The Labute approximate surface area is 130 Å². The second-order valence-electron chi connectivity index (χ2n) is 7.17. The molecule has 22 heavy (non-hydrogen) atoms. The van der Waals surface area contributed by atoms with Crippen LogP contribution in [0.25, 0.3) is 27.3 Å². The molecule has 1 aliphatic heterocycles. The molecule has 0 spiro atoms. The van der Waals surface area contributed by atoms with Gasteiger partial charge in [-0.15, -0.1) is 0 Å². The SMILES string of the molecule is Cc1ccc2c3c1c1ccccc1c1ncc(n13)C[Si]2(C)C. The molecule has 2 aromatic carbocycles. The van der Waals surface area contributed by atoms with E-state index in [1.165, 1.54) is 39.0 Å². The third kappa shape index (κ3) is 1.33. The van der Waals surface area contributed by atoms with Crippen molar-refractivity contribution in [1.29, 1.82) is 0 Å². The maximum atomic E-state index is 4.78. The molecular formula is C19H18N2Si. The van der Waals surface area contributed by atoms with Crippen molar-refractivity contribution in [3.63, 3.8) is 0 Å². The molecule has 0 amide bonds. The quantitative estimate of drug-likeness (QED) is 0.355. The number of rotatable bonds is 0. The minimum atomic E-state index is -1.45. The van der Waals surface area contributed by atoms with E-state index in [1.54, 1.807) is 5.19 Å². The van der Waals surface area contributed by atoms with Crippen molar-refractivity contribution < 1.29 is 0 Å². The van der Waals surface area contributed by atoms with Gasteiger partial charge in [-0.05, 0) is 29.1 Å². The summed E-state index contributed by atoms with van der Waals surface area (Å²) in [7, 11) is -1.45. The summed E-state index contributed by atoms with van der Waals surface area (Å²) in [5.74, 6) is 0. The number of hydrogen-bond donors (Lipinski definition) is 0. The second-order valence-corrected chi connectivity index (χ2v) is 11.8. The van der Waals surface area contributed by atoms with Crippen LogP contribution in [0.4, 0.5) is 0 Å². The van der Waals surface area contributed by atoms with Crippen LogP contribution >= 0.6 is 0 Å². The van der Waals surface area contributed by atoms with Gasteiger partial charge in [-0.3, -0.25) is 4.40 Å². The smallest absolute Gasteiger partial charge is 0.145 e. The summed E-state index contributed by atoms with van der Waals surface area (Å²) in [6.07, 6.45) is 2.10. The fourth-order valence-electron chi connectivity index (χ4n) is 4.21. The zero-order valence-corrected chi connectivity index (χ0v) is 14.1. The molecule has 108 valence electrons. The Morgan fingerprint density at radius 1 is 1.05 bits per heavy atom. The lowest BCUT2D eigenvalue weighted by Gasteiger charge is -2.30. The van der Waals surface area contributed by atoms with Crippen LogP contribution in [0.15, 0.2) is 42.6 Å². The molecule has 0 fully saturated rings. The lowest BCUT2D eigenvalue weighted by molar-refractivity contribution is 1.10. The summed E-state index contributed by atoms with van der Waals surface area (Å²) < 4.78 is 2.43. The zero-order chi connectivity index (χ0) is 15.1. The van der Waals surface area contributed by atoms with E-state index in [2.05, 4.69) is 67.0 Å². The van der Waals surface area contributed by atoms with Crippen LogP contribution in [0.3, 0.4) is 0 Å². The first-order valence-electron chi connectivity index (χ1n) is 7.89. The molecular weight excluding hydrogens is 284 g/mol. The van der Waals surface area contributed by atoms with E-state index in [1.807, 2.05) is 0 Å². The Morgan fingerprint density at radius 2 is 1.82 bits per heavy atom. The first-order chi connectivity index (χ1) is 10.6. The largest absolute Gasteiger partial charge is 0.297 e. The predicted octanol–water partition coefficient (Wildman–Crippen LogP) is 3.96. The van der Waals surface area contributed by atoms with Crippen LogP contribution in [0.2, 0.25) is 13.1 Å². The number of aromatic nitrogens is 2. The molecule has 0 N–H and O–H groups in total. The molecule has 0 aliphatic carbocycles. The second kappa shape index (κ2) is 3.79.